The highest BCUT2D eigenvalue weighted by molar-refractivity contribution is 5.84. The Hall–Kier alpha value is -1.14. The minimum atomic E-state index is -1.05. The van der Waals surface area contributed by atoms with Gasteiger partial charge in [0.1, 0.15) is 6.04 Å². The summed E-state index contributed by atoms with van der Waals surface area (Å²) in [7, 11) is 0. The zero-order valence-corrected chi connectivity index (χ0v) is 9.35. The number of aliphatic hydroxyl groups is 1. The zero-order chi connectivity index (χ0) is 12.1. The van der Waals surface area contributed by atoms with E-state index in [1.54, 1.807) is 0 Å². The van der Waals surface area contributed by atoms with E-state index in [9.17, 15) is 14.7 Å². The van der Waals surface area contributed by atoms with Crippen LogP contribution in [0.3, 0.4) is 0 Å². The minimum absolute atomic E-state index is 0.127. The first-order chi connectivity index (χ1) is 7.56. The lowest BCUT2D eigenvalue weighted by Gasteiger charge is -2.21. The van der Waals surface area contributed by atoms with E-state index in [1.165, 1.54) is 4.90 Å². The summed E-state index contributed by atoms with van der Waals surface area (Å²) >= 11 is 0. The van der Waals surface area contributed by atoms with Gasteiger partial charge in [-0.2, -0.15) is 0 Å². The van der Waals surface area contributed by atoms with Crippen LogP contribution in [0, 0.1) is 0 Å². The average Bonchev–Trinajstić information content (AvgIpc) is 2.61. The van der Waals surface area contributed by atoms with Crippen LogP contribution in [0.4, 0.5) is 0 Å². The fraction of sp³-hybridized carbons (Fsp3) is 0.800. The summed E-state index contributed by atoms with van der Waals surface area (Å²) in [4.78, 5) is 23.8. The Morgan fingerprint density at radius 2 is 2.19 bits per heavy atom. The number of likely N-dealkylation sites (tertiary alicyclic amines) is 1. The van der Waals surface area contributed by atoms with Gasteiger partial charge >= 0.3 is 5.97 Å². The molecule has 1 heterocycles. The maximum absolute atomic E-state index is 11.7. The van der Waals surface area contributed by atoms with Gasteiger partial charge in [-0.3, -0.25) is 4.79 Å². The molecular formula is C10H18N2O4. The Balaban J connectivity index is 2.50. The van der Waals surface area contributed by atoms with Crippen LogP contribution in [0.1, 0.15) is 19.8 Å². The number of aliphatic carboxylic acids is 1. The lowest BCUT2D eigenvalue weighted by Crippen LogP contribution is -2.41. The summed E-state index contributed by atoms with van der Waals surface area (Å²) in [6.07, 6.45) is -0.323. The van der Waals surface area contributed by atoms with Gasteiger partial charge in [-0.25, -0.2) is 4.79 Å². The number of nitrogens with zero attached hydrogens (tertiary/aromatic N) is 1. The fourth-order valence-corrected chi connectivity index (χ4v) is 1.84. The summed E-state index contributed by atoms with van der Waals surface area (Å²) in [5, 5.41) is 21.3. The second kappa shape index (κ2) is 5.81. The van der Waals surface area contributed by atoms with Gasteiger partial charge in [-0.1, -0.05) is 6.92 Å². The fourth-order valence-electron chi connectivity index (χ4n) is 1.84. The van der Waals surface area contributed by atoms with Crippen LogP contribution in [0.5, 0.6) is 0 Å². The monoisotopic (exact) mass is 230 g/mol. The van der Waals surface area contributed by atoms with Gasteiger partial charge in [0.2, 0.25) is 5.91 Å². The SMILES string of the molecule is CCNCCC(=O)N1C[C@@H](O)C[C@H]1C(=O)O. The van der Waals surface area contributed by atoms with Crippen molar-refractivity contribution < 1.29 is 19.8 Å². The average molecular weight is 230 g/mol. The molecule has 92 valence electrons. The summed E-state index contributed by atoms with van der Waals surface area (Å²) in [5.74, 6) is -1.27. The smallest absolute Gasteiger partial charge is 0.326 e. The number of hydrogen-bond acceptors (Lipinski definition) is 4. The van der Waals surface area contributed by atoms with E-state index < -0.39 is 18.1 Å². The third kappa shape index (κ3) is 3.18. The Labute approximate surface area is 94.2 Å². The molecule has 16 heavy (non-hydrogen) atoms. The number of carboxylic acid groups (broad SMARTS) is 1. The zero-order valence-electron chi connectivity index (χ0n) is 9.35. The highest BCUT2D eigenvalue weighted by atomic mass is 16.4. The van der Waals surface area contributed by atoms with Crippen molar-refractivity contribution in [1.29, 1.82) is 0 Å². The van der Waals surface area contributed by atoms with Gasteiger partial charge in [0, 0.05) is 25.9 Å². The van der Waals surface area contributed by atoms with Crippen LogP contribution in [0.15, 0.2) is 0 Å². The standard InChI is InChI=1S/C10H18N2O4/c1-2-11-4-3-9(14)12-6-7(13)5-8(12)10(15)16/h7-8,11,13H,2-6H2,1H3,(H,15,16)/t7-,8-/m0/s1. The number of amides is 1. The molecule has 1 aliphatic heterocycles. The molecule has 3 N–H and O–H groups in total. The molecule has 1 amide bonds. The molecule has 0 radical (unpaired) electrons. The molecular weight excluding hydrogens is 212 g/mol. The van der Waals surface area contributed by atoms with Crippen LogP contribution in [-0.2, 0) is 9.59 Å². The van der Waals surface area contributed by atoms with Crippen LogP contribution >= 0.6 is 0 Å². The Bertz CT molecular complexity index is 270. The number of carbonyl (C=O) groups is 2. The molecule has 1 rings (SSSR count). The Kier molecular flexibility index (Phi) is 4.70. The lowest BCUT2D eigenvalue weighted by molar-refractivity contribution is -0.148. The van der Waals surface area contributed by atoms with E-state index >= 15 is 0 Å². The molecule has 0 aromatic carbocycles. The van der Waals surface area contributed by atoms with Gasteiger partial charge in [-0.15, -0.1) is 0 Å². The highest BCUT2D eigenvalue weighted by Crippen LogP contribution is 2.18. The second-order valence-electron chi connectivity index (χ2n) is 3.89. The quantitative estimate of drug-likeness (QED) is 0.529. The molecule has 0 aliphatic carbocycles. The number of rotatable bonds is 5. The summed E-state index contributed by atoms with van der Waals surface area (Å²) in [6.45, 7) is 3.37. The number of aliphatic hydroxyl groups excluding tert-OH is 1. The van der Waals surface area contributed by atoms with Gasteiger partial charge in [0.05, 0.1) is 6.10 Å². The van der Waals surface area contributed by atoms with Crippen molar-refractivity contribution in [3.05, 3.63) is 0 Å². The molecule has 0 bridgehead atoms. The van der Waals surface area contributed by atoms with E-state index in [4.69, 9.17) is 5.11 Å². The topological polar surface area (TPSA) is 89.9 Å². The first-order valence-corrected chi connectivity index (χ1v) is 5.47. The third-order valence-corrected chi connectivity index (χ3v) is 2.65. The van der Waals surface area contributed by atoms with E-state index in [2.05, 4.69) is 5.32 Å². The minimum Gasteiger partial charge on any atom is -0.480 e. The van der Waals surface area contributed by atoms with Crippen LogP contribution in [-0.4, -0.2) is 58.8 Å². The Morgan fingerprint density at radius 3 is 2.75 bits per heavy atom. The lowest BCUT2D eigenvalue weighted by atomic mass is 10.2. The maximum atomic E-state index is 11.7. The van der Waals surface area contributed by atoms with Crippen molar-refractivity contribution in [3.8, 4) is 0 Å². The number of nitrogens with one attached hydrogen (secondary N) is 1. The van der Waals surface area contributed by atoms with E-state index in [0.717, 1.165) is 6.54 Å². The maximum Gasteiger partial charge on any atom is 0.326 e. The van der Waals surface area contributed by atoms with Gasteiger partial charge < -0.3 is 20.4 Å². The summed E-state index contributed by atoms with van der Waals surface area (Å²) in [6, 6.07) is -0.871. The highest BCUT2D eigenvalue weighted by Gasteiger charge is 2.38. The van der Waals surface area contributed by atoms with Gasteiger partial charge in [0.25, 0.3) is 0 Å². The number of β-amino-alcohol motifs (C(OH)–C–C–N with tert-alkyl or cyclic N) is 1. The third-order valence-electron chi connectivity index (χ3n) is 2.65. The summed E-state index contributed by atoms with van der Waals surface area (Å²) in [5.41, 5.74) is 0. The van der Waals surface area contributed by atoms with E-state index in [1.807, 2.05) is 6.92 Å². The molecule has 0 spiro atoms. The van der Waals surface area contributed by atoms with Gasteiger partial charge in [0.15, 0.2) is 0 Å². The van der Waals surface area contributed by atoms with E-state index in [0.29, 0.717) is 6.54 Å². The van der Waals surface area contributed by atoms with Crippen LogP contribution in [0.2, 0.25) is 0 Å². The number of carbonyl (C=O) groups excluding carboxylic acids is 1. The predicted octanol–water partition coefficient (Wildman–Crippen LogP) is -0.968. The van der Waals surface area contributed by atoms with Crippen LogP contribution in [0.25, 0.3) is 0 Å². The van der Waals surface area contributed by atoms with Crippen LogP contribution < -0.4 is 5.32 Å². The molecule has 0 aromatic rings. The normalized spacial score (nSPS) is 24.8. The Morgan fingerprint density at radius 1 is 1.50 bits per heavy atom. The van der Waals surface area contributed by atoms with Gasteiger partial charge in [-0.05, 0) is 6.54 Å². The number of carboxylic acids is 1. The first kappa shape index (κ1) is 12.9. The molecule has 6 nitrogen and oxygen atoms in total. The molecule has 0 saturated carbocycles. The second-order valence-corrected chi connectivity index (χ2v) is 3.89. The molecule has 1 aliphatic rings. The predicted molar refractivity (Wildman–Crippen MR) is 56.9 cm³/mol. The largest absolute Gasteiger partial charge is 0.480 e. The van der Waals surface area contributed by atoms with Crippen molar-refractivity contribution in [3.63, 3.8) is 0 Å². The molecule has 0 unspecified atom stereocenters. The van der Waals surface area contributed by atoms with Crippen molar-refractivity contribution in [1.82, 2.24) is 10.2 Å². The van der Waals surface area contributed by atoms with E-state index in [-0.39, 0.29) is 25.3 Å². The van der Waals surface area contributed by atoms with Crippen molar-refractivity contribution >= 4 is 11.9 Å². The molecule has 1 saturated heterocycles. The number of hydrogen-bond donors (Lipinski definition) is 3. The van der Waals surface area contributed by atoms with Crippen molar-refractivity contribution in [2.45, 2.75) is 31.9 Å². The van der Waals surface area contributed by atoms with Crippen molar-refractivity contribution in [2.24, 2.45) is 0 Å². The molecule has 0 aromatic heterocycles. The van der Waals surface area contributed by atoms with Crippen molar-refractivity contribution in [2.75, 3.05) is 19.6 Å². The molecule has 1 fully saturated rings. The summed E-state index contributed by atoms with van der Waals surface area (Å²) < 4.78 is 0. The molecule has 2 atom stereocenters. The first-order valence-electron chi connectivity index (χ1n) is 5.47. The molecule has 6 heteroatoms.